The minimum absolute atomic E-state index is 0.0916. The summed E-state index contributed by atoms with van der Waals surface area (Å²) in [4.78, 5) is 28.8. The van der Waals surface area contributed by atoms with Gasteiger partial charge in [0.25, 0.3) is 10.0 Å². The summed E-state index contributed by atoms with van der Waals surface area (Å²) in [5, 5.41) is 2.60. The molecule has 0 spiro atoms. The van der Waals surface area contributed by atoms with Gasteiger partial charge in [0.2, 0.25) is 5.91 Å². The zero-order valence-electron chi connectivity index (χ0n) is 16.0. The van der Waals surface area contributed by atoms with Crippen LogP contribution < -0.4 is 11.1 Å². The lowest BCUT2D eigenvalue weighted by atomic mass is 10.0. The number of pyridine rings is 1. The molecular weight excluding hydrogens is 368 g/mol. The van der Waals surface area contributed by atoms with E-state index in [-0.39, 0.29) is 35.2 Å². The Morgan fingerprint density at radius 1 is 1.37 bits per heavy atom. The van der Waals surface area contributed by atoms with Crippen molar-refractivity contribution in [2.24, 2.45) is 11.7 Å². The molecule has 1 aromatic heterocycles. The van der Waals surface area contributed by atoms with Crippen molar-refractivity contribution in [2.75, 3.05) is 6.54 Å². The number of Topliss-reactive ketones (excluding diaryl/α,β-unsaturated/α-hetero) is 1. The van der Waals surface area contributed by atoms with Crippen molar-refractivity contribution >= 4 is 21.7 Å². The van der Waals surface area contributed by atoms with Gasteiger partial charge in [0, 0.05) is 12.2 Å². The molecule has 3 atom stereocenters. The van der Waals surface area contributed by atoms with Crippen molar-refractivity contribution in [1.82, 2.24) is 14.6 Å². The van der Waals surface area contributed by atoms with Gasteiger partial charge in [-0.15, -0.1) is 0 Å². The van der Waals surface area contributed by atoms with E-state index in [2.05, 4.69) is 10.3 Å². The molecule has 27 heavy (non-hydrogen) atoms. The molecule has 0 aliphatic carbocycles. The van der Waals surface area contributed by atoms with Gasteiger partial charge in [0.15, 0.2) is 10.8 Å². The highest BCUT2D eigenvalue weighted by Crippen LogP contribution is 2.22. The molecule has 0 radical (unpaired) electrons. The first-order valence-electron chi connectivity index (χ1n) is 9.14. The second-order valence-corrected chi connectivity index (χ2v) is 9.25. The molecule has 1 saturated heterocycles. The van der Waals surface area contributed by atoms with Gasteiger partial charge in [0.1, 0.15) is 0 Å². The van der Waals surface area contributed by atoms with Crippen LogP contribution in [0.3, 0.4) is 0 Å². The van der Waals surface area contributed by atoms with Gasteiger partial charge in [-0.3, -0.25) is 9.59 Å². The smallest absolute Gasteiger partial charge is 0.261 e. The third-order valence-corrected chi connectivity index (χ3v) is 6.53. The standard InChI is InChI=1S/C18H28N4O4S/c1-12(2)10-14(19)18(24)21-15-8-7-13(3)22(11-16(15)23)27(25,26)17-6-4-5-9-20-17/h4-6,9,12-15H,7-8,10-11,19H2,1-3H3,(H,21,24)/t13?,14-,15?/m0/s1. The zero-order valence-corrected chi connectivity index (χ0v) is 16.8. The van der Waals surface area contributed by atoms with Crippen molar-refractivity contribution in [3.8, 4) is 0 Å². The Labute approximate surface area is 160 Å². The van der Waals surface area contributed by atoms with Crippen LogP contribution in [-0.2, 0) is 19.6 Å². The van der Waals surface area contributed by atoms with Crippen molar-refractivity contribution in [1.29, 1.82) is 0 Å². The number of nitrogens with one attached hydrogen (secondary N) is 1. The Kier molecular flexibility index (Phi) is 7.07. The first-order chi connectivity index (χ1) is 12.6. The van der Waals surface area contributed by atoms with E-state index in [1.165, 1.54) is 12.3 Å². The number of amides is 1. The van der Waals surface area contributed by atoms with E-state index in [0.29, 0.717) is 19.3 Å². The van der Waals surface area contributed by atoms with Crippen molar-refractivity contribution in [2.45, 2.75) is 63.2 Å². The van der Waals surface area contributed by atoms with Crippen LogP contribution in [-0.4, -0.2) is 54.1 Å². The minimum Gasteiger partial charge on any atom is -0.345 e. The van der Waals surface area contributed by atoms with Gasteiger partial charge in [-0.1, -0.05) is 19.9 Å². The molecule has 2 heterocycles. The maximum absolute atomic E-state index is 12.9. The number of nitrogens with zero attached hydrogens (tertiary/aromatic N) is 2. The Morgan fingerprint density at radius 2 is 2.07 bits per heavy atom. The molecule has 9 heteroatoms. The van der Waals surface area contributed by atoms with E-state index in [9.17, 15) is 18.0 Å². The number of carbonyl (C=O) groups is 2. The molecule has 150 valence electrons. The lowest BCUT2D eigenvalue weighted by Gasteiger charge is -2.24. The van der Waals surface area contributed by atoms with E-state index in [1.807, 2.05) is 13.8 Å². The lowest BCUT2D eigenvalue weighted by Crippen LogP contribution is -2.50. The molecule has 0 saturated carbocycles. The molecule has 3 N–H and O–H groups in total. The summed E-state index contributed by atoms with van der Waals surface area (Å²) in [6.07, 6.45) is 2.73. The van der Waals surface area contributed by atoms with Crippen LogP contribution in [0.5, 0.6) is 0 Å². The summed E-state index contributed by atoms with van der Waals surface area (Å²) in [6, 6.07) is 2.81. The Hall–Kier alpha value is -1.84. The van der Waals surface area contributed by atoms with Crippen LogP contribution in [0.15, 0.2) is 29.4 Å². The monoisotopic (exact) mass is 396 g/mol. The molecule has 1 fully saturated rings. The molecule has 2 rings (SSSR count). The van der Waals surface area contributed by atoms with E-state index in [0.717, 1.165) is 4.31 Å². The normalized spacial score (nSPS) is 23.1. The summed E-state index contributed by atoms with van der Waals surface area (Å²) in [5.41, 5.74) is 5.88. The van der Waals surface area contributed by atoms with Crippen molar-refractivity contribution < 1.29 is 18.0 Å². The highest BCUT2D eigenvalue weighted by Gasteiger charge is 2.37. The largest absolute Gasteiger partial charge is 0.345 e. The second kappa shape index (κ2) is 8.90. The van der Waals surface area contributed by atoms with Crippen LogP contribution in [0, 0.1) is 5.92 Å². The van der Waals surface area contributed by atoms with Gasteiger partial charge in [-0.05, 0) is 44.2 Å². The molecular formula is C18H28N4O4S. The number of aromatic nitrogens is 1. The van der Waals surface area contributed by atoms with E-state index in [4.69, 9.17) is 5.73 Å². The summed E-state index contributed by atoms with van der Waals surface area (Å²) >= 11 is 0. The summed E-state index contributed by atoms with van der Waals surface area (Å²) < 4.78 is 26.9. The Balaban J connectivity index is 2.13. The Bertz CT molecular complexity index is 767. The molecule has 1 aliphatic rings. The molecule has 1 aromatic rings. The number of sulfonamides is 1. The fraction of sp³-hybridized carbons (Fsp3) is 0.611. The van der Waals surface area contributed by atoms with E-state index >= 15 is 0 Å². The summed E-state index contributed by atoms with van der Waals surface area (Å²) in [5.74, 6) is -0.464. The fourth-order valence-corrected chi connectivity index (χ4v) is 4.68. The highest BCUT2D eigenvalue weighted by molar-refractivity contribution is 7.89. The quantitative estimate of drug-likeness (QED) is 0.729. The van der Waals surface area contributed by atoms with Crippen molar-refractivity contribution in [3.05, 3.63) is 24.4 Å². The third kappa shape index (κ3) is 5.33. The average Bonchev–Trinajstić information content (AvgIpc) is 2.75. The lowest BCUT2D eigenvalue weighted by molar-refractivity contribution is -0.128. The maximum atomic E-state index is 12.9. The second-order valence-electron chi connectivity index (χ2n) is 7.41. The fourth-order valence-electron chi connectivity index (χ4n) is 3.12. The van der Waals surface area contributed by atoms with E-state index in [1.54, 1.807) is 19.1 Å². The number of ketones is 1. The zero-order chi connectivity index (χ0) is 20.2. The predicted molar refractivity (Wildman–Crippen MR) is 101 cm³/mol. The molecule has 1 amide bonds. The average molecular weight is 397 g/mol. The third-order valence-electron chi connectivity index (χ3n) is 4.65. The van der Waals surface area contributed by atoms with Crippen molar-refractivity contribution in [3.63, 3.8) is 0 Å². The number of rotatable bonds is 6. The van der Waals surface area contributed by atoms with E-state index < -0.39 is 22.1 Å². The van der Waals surface area contributed by atoms with Crippen LogP contribution in [0.25, 0.3) is 0 Å². The van der Waals surface area contributed by atoms with Gasteiger partial charge < -0.3 is 11.1 Å². The maximum Gasteiger partial charge on any atom is 0.261 e. The van der Waals surface area contributed by atoms with Crippen LogP contribution in [0.1, 0.15) is 40.0 Å². The van der Waals surface area contributed by atoms with Gasteiger partial charge in [-0.25, -0.2) is 13.4 Å². The number of nitrogens with two attached hydrogens (primary N) is 1. The molecule has 0 aromatic carbocycles. The van der Waals surface area contributed by atoms with Gasteiger partial charge >= 0.3 is 0 Å². The first kappa shape index (κ1) is 21.5. The molecule has 0 bridgehead atoms. The summed E-state index contributed by atoms with van der Waals surface area (Å²) in [7, 11) is -3.89. The number of hydrogen-bond acceptors (Lipinski definition) is 6. The SMILES string of the molecule is CC(C)C[C@H](N)C(=O)NC1CCC(C)N(S(=O)(=O)c2ccccn2)CC1=O. The van der Waals surface area contributed by atoms with Gasteiger partial charge in [0.05, 0.1) is 18.6 Å². The van der Waals surface area contributed by atoms with Crippen LogP contribution in [0.4, 0.5) is 0 Å². The predicted octanol–water partition coefficient (Wildman–Crippen LogP) is 0.682. The number of carbonyl (C=O) groups excluding carboxylic acids is 2. The minimum atomic E-state index is -3.89. The van der Waals surface area contributed by atoms with Crippen LogP contribution >= 0.6 is 0 Å². The summed E-state index contributed by atoms with van der Waals surface area (Å²) in [6.45, 7) is 5.38. The Morgan fingerprint density at radius 3 is 2.67 bits per heavy atom. The van der Waals surface area contributed by atoms with Crippen LogP contribution in [0.2, 0.25) is 0 Å². The highest BCUT2D eigenvalue weighted by atomic mass is 32.2. The molecule has 8 nitrogen and oxygen atoms in total. The first-order valence-corrected chi connectivity index (χ1v) is 10.6. The molecule has 1 aliphatic heterocycles. The molecule has 2 unspecified atom stereocenters. The van der Waals surface area contributed by atoms with Gasteiger partial charge in [-0.2, -0.15) is 4.31 Å². The topological polar surface area (TPSA) is 122 Å². The number of hydrogen-bond donors (Lipinski definition) is 2.